The van der Waals surface area contributed by atoms with Crippen LogP contribution in [0.5, 0.6) is 0 Å². The molecular formula is C11H16N2O3. The number of nitrogens with one attached hydrogen (secondary N) is 2. The van der Waals surface area contributed by atoms with Crippen LogP contribution in [0.1, 0.15) is 20.8 Å². The Hall–Kier alpha value is -1.78. The van der Waals surface area contributed by atoms with Gasteiger partial charge in [0.05, 0.1) is 5.69 Å². The number of carboxylic acids is 1. The quantitative estimate of drug-likeness (QED) is 0.722. The fourth-order valence-corrected chi connectivity index (χ4v) is 1.32. The Morgan fingerprint density at radius 2 is 2.06 bits per heavy atom. The molecule has 0 aliphatic heterocycles. The van der Waals surface area contributed by atoms with Crippen molar-refractivity contribution in [3.05, 3.63) is 28.7 Å². The van der Waals surface area contributed by atoms with Crippen LogP contribution in [0.3, 0.4) is 0 Å². The molecule has 0 spiro atoms. The molecule has 0 saturated heterocycles. The minimum absolute atomic E-state index is 0.215. The molecule has 5 heteroatoms. The fourth-order valence-electron chi connectivity index (χ4n) is 1.32. The largest absolute Gasteiger partial charge is 0.480 e. The van der Waals surface area contributed by atoms with Crippen LogP contribution in [0, 0.1) is 5.41 Å². The molecule has 0 aliphatic rings. The van der Waals surface area contributed by atoms with Gasteiger partial charge in [-0.05, 0) is 11.5 Å². The highest BCUT2D eigenvalue weighted by atomic mass is 16.4. The number of aromatic amines is 1. The molecule has 88 valence electrons. The highest BCUT2D eigenvalue weighted by Crippen LogP contribution is 2.22. The minimum Gasteiger partial charge on any atom is -0.480 e. The average Bonchev–Trinajstić information content (AvgIpc) is 2.14. The molecule has 1 rings (SSSR count). The van der Waals surface area contributed by atoms with E-state index in [1.165, 1.54) is 12.3 Å². The standard InChI is InChI=1S/C11H16N2O3/c1-11(2,3)9(10(15)16)13-7-4-5-8(14)12-6-7/h4-6,9,13H,1-3H3,(H,12,14)(H,15,16). The van der Waals surface area contributed by atoms with Crippen LogP contribution >= 0.6 is 0 Å². The van der Waals surface area contributed by atoms with Gasteiger partial charge in [0, 0.05) is 12.3 Å². The van der Waals surface area contributed by atoms with Crippen LogP contribution < -0.4 is 10.9 Å². The summed E-state index contributed by atoms with van der Waals surface area (Å²) >= 11 is 0. The number of hydrogen-bond acceptors (Lipinski definition) is 3. The molecule has 1 unspecified atom stereocenters. The molecule has 0 bridgehead atoms. The van der Waals surface area contributed by atoms with Crippen LogP contribution in [-0.4, -0.2) is 22.1 Å². The molecule has 1 aromatic heterocycles. The van der Waals surface area contributed by atoms with E-state index in [1.807, 2.05) is 20.8 Å². The Bertz CT molecular complexity index is 411. The first-order valence-corrected chi connectivity index (χ1v) is 4.99. The Morgan fingerprint density at radius 1 is 1.44 bits per heavy atom. The van der Waals surface area contributed by atoms with Crippen molar-refractivity contribution in [2.75, 3.05) is 5.32 Å². The predicted molar refractivity (Wildman–Crippen MR) is 61.6 cm³/mol. The van der Waals surface area contributed by atoms with Gasteiger partial charge in [-0.25, -0.2) is 4.79 Å². The van der Waals surface area contributed by atoms with E-state index in [2.05, 4.69) is 10.3 Å². The summed E-state index contributed by atoms with van der Waals surface area (Å²) in [6, 6.07) is 2.20. The topological polar surface area (TPSA) is 82.2 Å². The van der Waals surface area contributed by atoms with Crippen molar-refractivity contribution in [2.24, 2.45) is 5.41 Å². The fraction of sp³-hybridized carbons (Fsp3) is 0.455. The summed E-state index contributed by atoms with van der Waals surface area (Å²) in [5, 5.41) is 12.0. The summed E-state index contributed by atoms with van der Waals surface area (Å²) in [6.45, 7) is 5.51. The molecule has 0 fully saturated rings. The van der Waals surface area contributed by atoms with Gasteiger partial charge in [0.15, 0.2) is 0 Å². The number of carbonyl (C=O) groups is 1. The smallest absolute Gasteiger partial charge is 0.326 e. The summed E-state index contributed by atoms with van der Waals surface area (Å²) in [5.41, 5.74) is -0.0442. The third kappa shape index (κ3) is 3.12. The zero-order valence-electron chi connectivity index (χ0n) is 9.57. The van der Waals surface area contributed by atoms with Crippen LogP contribution in [0.15, 0.2) is 23.1 Å². The molecule has 16 heavy (non-hydrogen) atoms. The van der Waals surface area contributed by atoms with Gasteiger partial charge in [0.1, 0.15) is 6.04 Å². The number of hydrogen-bond donors (Lipinski definition) is 3. The third-order valence-electron chi connectivity index (χ3n) is 2.21. The summed E-state index contributed by atoms with van der Waals surface area (Å²) < 4.78 is 0. The first kappa shape index (κ1) is 12.3. The van der Waals surface area contributed by atoms with Gasteiger partial charge in [-0.15, -0.1) is 0 Å². The predicted octanol–water partition coefficient (Wildman–Crippen LogP) is 1.29. The number of rotatable bonds is 3. The van der Waals surface area contributed by atoms with Crippen molar-refractivity contribution < 1.29 is 9.90 Å². The number of aliphatic carboxylic acids is 1. The van der Waals surface area contributed by atoms with Crippen LogP contribution in [-0.2, 0) is 4.79 Å². The number of pyridine rings is 1. The van der Waals surface area contributed by atoms with E-state index in [4.69, 9.17) is 5.11 Å². The second-order valence-corrected chi connectivity index (χ2v) is 4.72. The Balaban J connectivity index is 2.88. The molecule has 5 nitrogen and oxygen atoms in total. The van der Waals surface area contributed by atoms with E-state index in [9.17, 15) is 9.59 Å². The van der Waals surface area contributed by atoms with Gasteiger partial charge in [0.25, 0.3) is 0 Å². The van der Waals surface area contributed by atoms with Crippen LogP contribution in [0.2, 0.25) is 0 Å². The maximum Gasteiger partial charge on any atom is 0.326 e. The van der Waals surface area contributed by atoms with E-state index in [-0.39, 0.29) is 5.56 Å². The number of H-pyrrole nitrogens is 1. The summed E-state index contributed by atoms with van der Waals surface area (Å²) in [7, 11) is 0. The summed E-state index contributed by atoms with van der Waals surface area (Å²) in [5.74, 6) is -0.918. The van der Waals surface area contributed by atoms with Crippen LogP contribution in [0.4, 0.5) is 5.69 Å². The third-order valence-corrected chi connectivity index (χ3v) is 2.21. The molecule has 0 amide bonds. The van der Waals surface area contributed by atoms with Crippen molar-refractivity contribution in [1.29, 1.82) is 0 Å². The number of aromatic nitrogens is 1. The Labute approximate surface area is 93.5 Å². The molecule has 0 saturated carbocycles. The average molecular weight is 224 g/mol. The van der Waals surface area contributed by atoms with Gasteiger partial charge in [0.2, 0.25) is 5.56 Å². The lowest BCUT2D eigenvalue weighted by Crippen LogP contribution is -2.41. The summed E-state index contributed by atoms with van der Waals surface area (Å²) in [6.07, 6.45) is 1.46. The zero-order valence-corrected chi connectivity index (χ0v) is 9.57. The first-order valence-electron chi connectivity index (χ1n) is 4.99. The van der Waals surface area contributed by atoms with E-state index >= 15 is 0 Å². The molecule has 3 N–H and O–H groups in total. The molecule has 1 atom stereocenters. The molecule has 1 aromatic rings. The van der Waals surface area contributed by atoms with Crippen molar-refractivity contribution in [3.8, 4) is 0 Å². The monoisotopic (exact) mass is 224 g/mol. The SMILES string of the molecule is CC(C)(C)C(Nc1ccc(=O)[nH]c1)C(=O)O. The van der Waals surface area contributed by atoms with Crippen LogP contribution in [0.25, 0.3) is 0 Å². The minimum atomic E-state index is -0.918. The molecule has 1 heterocycles. The lowest BCUT2D eigenvalue weighted by atomic mass is 9.86. The molecule has 0 radical (unpaired) electrons. The second kappa shape index (κ2) is 4.38. The van der Waals surface area contributed by atoms with Crippen molar-refractivity contribution in [3.63, 3.8) is 0 Å². The normalized spacial score (nSPS) is 13.2. The Kier molecular flexibility index (Phi) is 3.37. The maximum atomic E-state index is 11.1. The van der Waals surface area contributed by atoms with E-state index in [0.29, 0.717) is 5.69 Å². The second-order valence-electron chi connectivity index (χ2n) is 4.72. The summed E-state index contributed by atoms with van der Waals surface area (Å²) in [4.78, 5) is 24.4. The first-order chi connectivity index (χ1) is 7.30. The number of anilines is 1. The van der Waals surface area contributed by atoms with Crippen molar-refractivity contribution in [2.45, 2.75) is 26.8 Å². The van der Waals surface area contributed by atoms with E-state index in [0.717, 1.165) is 0 Å². The van der Waals surface area contributed by atoms with Crippen molar-refractivity contribution >= 4 is 11.7 Å². The highest BCUT2D eigenvalue weighted by molar-refractivity contribution is 5.78. The van der Waals surface area contributed by atoms with Gasteiger partial charge in [-0.1, -0.05) is 20.8 Å². The van der Waals surface area contributed by atoms with Gasteiger partial charge < -0.3 is 15.4 Å². The van der Waals surface area contributed by atoms with E-state index in [1.54, 1.807) is 6.07 Å². The van der Waals surface area contributed by atoms with E-state index < -0.39 is 17.4 Å². The highest BCUT2D eigenvalue weighted by Gasteiger charge is 2.30. The maximum absolute atomic E-state index is 11.1. The van der Waals surface area contributed by atoms with Gasteiger partial charge >= 0.3 is 5.97 Å². The molecular weight excluding hydrogens is 208 g/mol. The zero-order chi connectivity index (χ0) is 12.3. The number of carboxylic acid groups (broad SMARTS) is 1. The lowest BCUT2D eigenvalue weighted by molar-refractivity contribution is -0.140. The molecule has 0 aliphatic carbocycles. The van der Waals surface area contributed by atoms with Gasteiger partial charge in [-0.3, -0.25) is 4.79 Å². The Morgan fingerprint density at radius 3 is 2.44 bits per heavy atom. The van der Waals surface area contributed by atoms with Gasteiger partial charge in [-0.2, -0.15) is 0 Å². The molecule has 0 aromatic carbocycles. The van der Waals surface area contributed by atoms with Crippen molar-refractivity contribution in [1.82, 2.24) is 4.98 Å². The lowest BCUT2D eigenvalue weighted by Gasteiger charge is -2.28.